The quantitative estimate of drug-likeness (QED) is 0.855. The van der Waals surface area contributed by atoms with E-state index in [2.05, 4.69) is 16.5 Å². The van der Waals surface area contributed by atoms with E-state index < -0.39 is 0 Å². The lowest BCUT2D eigenvalue weighted by Crippen LogP contribution is -2.03. The number of ether oxygens (including phenoxy) is 1. The first-order valence-corrected chi connectivity index (χ1v) is 5.74. The van der Waals surface area contributed by atoms with E-state index in [1.807, 2.05) is 36.8 Å². The van der Waals surface area contributed by atoms with Crippen molar-refractivity contribution >= 4 is 0 Å². The van der Waals surface area contributed by atoms with E-state index in [1.165, 1.54) is 0 Å². The van der Waals surface area contributed by atoms with Crippen LogP contribution in [-0.4, -0.2) is 9.55 Å². The number of aryl methyl sites for hydroxylation is 1. The fourth-order valence-electron chi connectivity index (χ4n) is 1.63. The molecule has 0 amide bonds. The minimum absolute atomic E-state index is 0.538. The summed E-state index contributed by atoms with van der Waals surface area (Å²) in [6.07, 6.45) is 3.65. The molecule has 0 aliphatic rings. The molecule has 0 aliphatic heterocycles. The lowest BCUT2D eigenvalue weighted by molar-refractivity contribution is 0.295. The molecule has 0 radical (unpaired) electrons. The van der Waals surface area contributed by atoms with Crippen molar-refractivity contribution in [1.29, 1.82) is 0 Å². The Bertz CT molecular complexity index is 462. The molecule has 17 heavy (non-hydrogen) atoms. The summed E-state index contributed by atoms with van der Waals surface area (Å²) < 4.78 is 7.75. The van der Waals surface area contributed by atoms with Crippen molar-refractivity contribution in [2.45, 2.75) is 26.6 Å². The highest BCUT2D eigenvalue weighted by Gasteiger charge is 2.01. The van der Waals surface area contributed by atoms with Crippen molar-refractivity contribution in [2.24, 2.45) is 5.73 Å². The van der Waals surface area contributed by atoms with Gasteiger partial charge in [0.15, 0.2) is 0 Å². The van der Waals surface area contributed by atoms with Crippen LogP contribution in [-0.2, 0) is 19.7 Å². The highest BCUT2D eigenvalue weighted by Crippen LogP contribution is 2.13. The van der Waals surface area contributed by atoms with Crippen molar-refractivity contribution in [2.75, 3.05) is 0 Å². The molecule has 4 nitrogen and oxygen atoms in total. The predicted molar refractivity (Wildman–Crippen MR) is 66.6 cm³/mol. The van der Waals surface area contributed by atoms with Crippen LogP contribution in [0.15, 0.2) is 36.8 Å². The van der Waals surface area contributed by atoms with Gasteiger partial charge < -0.3 is 15.0 Å². The van der Waals surface area contributed by atoms with Crippen LogP contribution in [0.3, 0.4) is 0 Å². The predicted octanol–water partition coefficient (Wildman–Crippen LogP) is 1.94. The first-order chi connectivity index (χ1) is 8.33. The maximum Gasteiger partial charge on any atom is 0.130 e. The second-order valence-electron chi connectivity index (χ2n) is 3.81. The lowest BCUT2D eigenvalue weighted by Gasteiger charge is -2.08. The van der Waals surface area contributed by atoms with Crippen LogP contribution in [0.5, 0.6) is 5.75 Å². The standard InChI is InChI=1S/C13H17N3O/c1-2-16-10-15-8-12(16)9-17-13-5-3-11(7-14)4-6-13/h3-6,8,10H,2,7,9,14H2,1H3. The second-order valence-corrected chi connectivity index (χ2v) is 3.81. The SMILES string of the molecule is CCn1cncc1COc1ccc(CN)cc1. The van der Waals surface area contributed by atoms with Gasteiger partial charge in [0.25, 0.3) is 0 Å². The molecule has 2 rings (SSSR count). The number of hydrogen-bond acceptors (Lipinski definition) is 3. The van der Waals surface area contributed by atoms with Crippen molar-refractivity contribution in [3.05, 3.63) is 48.0 Å². The smallest absolute Gasteiger partial charge is 0.130 e. The van der Waals surface area contributed by atoms with Gasteiger partial charge in [-0.15, -0.1) is 0 Å². The first-order valence-electron chi connectivity index (χ1n) is 5.74. The fraction of sp³-hybridized carbons (Fsp3) is 0.308. The summed E-state index contributed by atoms with van der Waals surface area (Å²) in [6, 6.07) is 7.84. The first kappa shape index (κ1) is 11.7. The third-order valence-electron chi connectivity index (χ3n) is 2.68. The zero-order valence-electron chi connectivity index (χ0n) is 9.97. The number of hydrogen-bond donors (Lipinski definition) is 1. The van der Waals surface area contributed by atoms with Crippen LogP contribution in [0, 0.1) is 0 Å². The molecule has 0 aliphatic carbocycles. The fourth-order valence-corrected chi connectivity index (χ4v) is 1.63. The van der Waals surface area contributed by atoms with E-state index in [0.29, 0.717) is 13.2 Å². The van der Waals surface area contributed by atoms with Crippen molar-refractivity contribution < 1.29 is 4.74 Å². The Hall–Kier alpha value is -1.81. The van der Waals surface area contributed by atoms with Crippen LogP contribution < -0.4 is 10.5 Å². The van der Waals surface area contributed by atoms with Crippen LogP contribution in [0.1, 0.15) is 18.2 Å². The van der Waals surface area contributed by atoms with Gasteiger partial charge in [0.05, 0.1) is 18.2 Å². The zero-order valence-corrected chi connectivity index (χ0v) is 9.97. The average molecular weight is 231 g/mol. The van der Waals surface area contributed by atoms with E-state index in [9.17, 15) is 0 Å². The molecule has 2 N–H and O–H groups in total. The van der Waals surface area contributed by atoms with E-state index in [1.54, 1.807) is 0 Å². The van der Waals surface area contributed by atoms with E-state index in [4.69, 9.17) is 10.5 Å². The van der Waals surface area contributed by atoms with Crippen molar-refractivity contribution in [1.82, 2.24) is 9.55 Å². The Kier molecular flexibility index (Phi) is 3.77. The van der Waals surface area contributed by atoms with Gasteiger partial charge in [-0.25, -0.2) is 4.98 Å². The minimum atomic E-state index is 0.538. The number of benzene rings is 1. The third kappa shape index (κ3) is 2.85. The number of nitrogens with two attached hydrogens (primary N) is 1. The summed E-state index contributed by atoms with van der Waals surface area (Å²) in [6.45, 7) is 4.09. The highest BCUT2D eigenvalue weighted by atomic mass is 16.5. The summed E-state index contributed by atoms with van der Waals surface area (Å²) in [5.41, 5.74) is 7.72. The van der Waals surface area contributed by atoms with Crippen molar-refractivity contribution in [3.63, 3.8) is 0 Å². The largest absolute Gasteiger partial charge is 0.487 e. The van der Waals surface area contributed by atoms with Gasteiger partial charge in [0.2, 0.25) is 0 Å². The van der Waals surface area contributed by atoms with E-state index in [-0.39, 0.29) is 0 Å². The maximum atomic E-state index is 5.69. The molecular weight excluding hydrogens is 214 g/mol. The van der Waals surface area contributed by atoms with Crippen LogP contribution in [0.2, 0.25) is 0 Å². The van der Waals surface area contributed by atoms with Gasteiger partial charge in [-0.2, -0.15) is 0 Å². The zero-order chi connectivity index (χ0) is 12.1. The molecule has 0 unspecified atom stereocenters. The normalized spacial score (nSPS) is 10.5. The van der Waals surface area contributed by atoms with Gasteiger partial charge in [-0.05, 0) is 24.6 Å². The monoisotopic (exact) mass is 231 g/mol. The summed E-state index contributed by atoms with van der Waals surface area (Å²) >= 11 is 0. The Morgan fingerprint density at radius 3 is 2.71 bits per heavy atom. The molecular formula is C13H17N3O. The van der Waals surface area contributed by atoms with Gasteiger partial charge in [-0.1, -0.05) is 12.1 Å². The van der Waals surface area contributed by atoms with Gasteiger partial charge in [0.1, 0.15) is 12.4 Å². The van der Waals surface area contributed by atoms with E-state index >= 15 is 0 Å². The molecule has 0 atom stereocenters. The molecule has 90 valence electrons. The molecule has 0 saturated carbocycles. The number of nitrogens with zero attached hydrogens (tertiary/aromatic N) is 2. The van der Waals surface area contributed by atoms with Crippen LogP contribution in [0.4, 0.5) is 0 Å². The summed E-state index contributed by atoms with van der Waals surface area (Å²) in [5.74, 6) is 0.853. The molecule has 0 bridgehead atoms. The molecule has 2 aromatic rings. The Morgan fingerprint density at radius 1 is 1.29 bits per heavy atom. The molecule has 1 aromatic carbocycles. The summed E-state index contributed by atoms with van der Waals surface area (Å²) in [7, 11) is 0. The van der Waals surface area contributed by atoms with Crippen molar-refractivity contribution in [3.8, 4) is 5.75 Å². The number of rotatable bonds is 5. The minimum Gasteiger partial charge on any atom is -0.487 e. The average Bonchev–Trinajstić information content (AvgIpc) is 2.84. The summed E-state index contributed by atoms with van der Waals surface area (Å²) in [5, 5.41) is 0. The number of imidazole rings is 1. The number of aromatic nitrogens is 2. The van der Waals surface area contributed by atoms with Gasteiger partial charge in [-0.3, -0.25) is 0 Å². The maximum absolute atomic E-state index is 5.69. The molecule has 4 heteroatoms. The van der Waals surface area contributed by atoms with Gasteiger partial charge in [0, 0.05) is 13.1 Å². The van der Waals surface area contributed by atoms with Crippen LogP contribution in [0.25, 0.3) is 0 Å². The topological polar surface area (TPSA) is 53.1 Å². The molecule has 1 heterocycles. The van der Waals surface area contributed by atoms with Gasteiger partial charge >= 0.3 is 0 Å². The lowest BCUT2D eigenvalue weighted by atomic mass is 10.2. The summed E-state index contributed by atoms with van der Waals surface area (Å²) in [4.78, 5) is 4.10. The Balaban J connectivity index is 1.97. The molecule has 0 saturated heterocycles. The Morgan fingerprint density at radius 2 is 2.06 bits per heavy atom. The molecule has 0 spiro atoms. The highest BCUT2D eigenvalue weighted by molar-refractivity contribution is 5.27. The van der Waals surface area contributed by atoms with Crippen LogP contribution >= 0.6 is 0 Å². The molecule has 0 fully saturated rings. The second kappa shape index (κ2) is 5.50. The Labute approximate surface area is 101 Å². The molecule has 1 aromatic heterocycles. The van der Waals surface area contributed by atoms with E-state index in [0.717, 1.165) is 23.6 Å². The third-order valence-corrected chi connectivity index (χ3v) is 2.68.